The van der Waals surface area contributed by atoms with E-state index < -0.39 is 18.8 Å². The van der Waals surface area contributed by atoms with Gasteiger partial charge in [0.15, 0.2) is 0 Å². The van der Waals surface area contributed by atoms with E-state index in [4.69, 9.17) is 3.07 Å². The van der Waals surface area contributed by atoms with Crippen molar-refractivity contribution in [2.24, 2.45) is 0 Å². The van der Waals surface area contributed by atoms with Crippen molar-refractivity contribution in [3.05, 3.63) is 91.0 Å². The molecule has 3 aromatic rings. The van der Waals surface area contributed by atoms with E-state index in [1.165, 1.54) is 36.4 Å². The van der Waals surface area contributed by atoms with Crippen molar-refractivity contribution in [2.75, 3.05) is 6.61 Å². The first kappa shape index (κ1) is 20.2. The monoisotopic (exact) mass is 466 g/mol. The van der Waals surface area contributed by atoms with E-state index in [-0.39, 0.29) is 0 Å². The van der Waals surface area contributed by atoms with E-state index in [1.54, 1.807) is 0 Å². The molecule has 0 bridgehead atoms. The molecule has 0 spiro atoms. The van der Waals surface area contributed by atoms with Crippen LogP contribution in [-0.2, 0) is 3.07 Å². The Kier molecular flexibility index (Phi) is 7.97. The van der Waals surface area contributed by atoms with E-state index in [1.807, 2.05) is 0 Å². The summed E-state index contributed by atoms with van der Waals surface area (Å²) < 4.78 is 11.1. The molecule has 0 heterocycles. The standard InChI is InChI=1S/C7H15O.3C6H5.Sn/c1-2-3-4-5-6-7-8;3*1-2-4-6-5-3-1;/h2-7H2,1H3;3*1-5H;/q-1;;;;+1. The van der Waals surface area contributed by atoms with Crippen LogP contribution in [0.3, 0.4) is 0 Å². The summed E-state index contributed by atoms with van der Waals surface area (Å²) >= 11 is -3.47. The van der Waals surface area contributed by atoms with Crippen molar-refractivity contribution in [3.63, 3.8) is 0 Å². The van der Waals surface area contributed by atoms with E-state index in [0.29, 0.717) is 0 Å². The fourth-order valence-corrected chi connectivity index (χ4v) is 14.9. The minimum atomic E-state index is -3.47. The van der Waals surface area contributed by atoms with Crippen LogP contribution in [0.5, 0.6) is 0 Å². The summed E-state index contributed by atoms with van der Waals surface area (Å²) in [5.41, 5.74) is 0. The quantitative estimate of drug-likeness (QED) is 0.313. The first-order chi connectivity index (χ1) is 13.4. The Morgan fingerprint density at radius 1 is 0.556 bits per heavy atom. The predicted octanol–water partition coefficient (Wildman–Crippen LogP) is 4.64. The predicted molar refractivity (Wildman–Crippen MR) is 119 cm³/mol. The van der Waals surface area contributed by atoms with Gasteiger partial charge in [0.25, 0.3) is 0 Å². The van der Waals surface area contributed by atoms with E-state index in [9.17, 15) is 0 Å². The Hall–Kier alpha value is -1.58. The van der Waals surface area contributed by atoms with Crippen molar-refractivity contribution in [3.8, 4) is 0 Å². The van der Waals surface area contributed by atoms with Gasteiger partial charge in [-0.1, -0.05) is 0 Å². The van der Waals surface area contributed by atoms with Crippen molar-refractivity contribution in [1.82, 2.24) is 0 Å². The molecule has 0 aliphatic carbocycles. The Labute approximate surface area is 168 Å². The summed E-state index contributed by atoms with van der Waals surface area (Å²) in [6.07, 6.45) is 6.32. The number of hydrogen-bond donors (Lipinski definition) is 0. The average molecular weight is 465 g/mol. The Morgan fingerprint density at radius 3 is 1.37 bits per heavy atom. The Bertz CT molecular complexity index is 675. The van der Waals surface area contributed by atoms with E-state index >= 15 is 0 Å². The van der Waals surface area contributed by atoms with Crippen molar-refractivity contribution in [1.29, 1.82) is 0 Å². The van der Waals surface area contributed by atoms with E-state index in [2.05, 4.69) is 97.9 Å². The number of benzene rings is 3. The molecule has 0 saturated heterocycles. The Morgan fingerprint density at radius 2 is 0.963 bits per heavy atom. The number of unbranched alkanes of at least 4 members (excludes halogenated alkanes) is 4. The molecule has 3 rings (SSSR count). The third-order valence-electron chi connectivity index (χ3n) is 5.11. The van der Waals surface area contributed by atoms with Gasteiger partial charge in [0, 0.05) is 0 Å². The normalized spacial score (nSPS) is 11.4. The molecule has 0 unspecified atom stereocenters. The van der Waals surface area contributed by atoms with Gasteiger partial charge >= 0.3 is 169 Å². The maximum absolute atomic E-state index is 6.98. The van der Waals surface area contributed by atoms with Gasteiger partial charge < -0.3 is 0 Å². The van der Waals surface area contributed by atoms with Crippen LogP contribution in [0.25, 0.3) is 0 Å². The van der Waals surface area contributed by atoms with Crippen LogP contribution in [-0.4, -0.2) is 25.4 Å². The first-order valence-electron chi connectivity index (χ1n) is 10.2. The molecule has 0 radical (unpaired) electrons. The summed E-state index contributed by atoms with van der Waals surface area (Å²) in [5, 5.41) is 0. The molecule has 0 N–H and O–H groups in total. The van der Waals surface area contributed by atoms with Gasteiger partial charge in [0.05, 0.1) is 0 Å². The molecule has 0 aliphatic heterocycles. The molecule has 0 fully saturated rings. The van der Waals surface area contributed by atoms with Crippen molar-refractivity contribution >= 4 is 29.5 Å². The molecule has 2 heteroatoms. The molecular formula is C25H30OSn. The van der Waals surface area contributed by atoms with Gasteiger partial charge in [-0.15, -0.1) is 0 Å². The second kappa shape index (κ2) is 10.7. The zero-order valence-electron chi connectivity index (χ0n) is 16.3. The molecule has 0 amide bonds. The molecule has 1 nitrogen and oxygen atoms in total. The van der Waals surface area contributed by atoms with Gasteiger partial charge in [-0.3, -0.25) is 0 Å². The van der Waals surface area contributed by atoms with Crippen LogP contribution < -0.4 is 10.7 Å². The summed E-state index contributed by atoms with van der Waals surface area (Å²) in [5.74, 6) is 0. The van der Waals surface area contributed by atoms with Crippen LogP contribution in [0.1, 0.15) is 39.0 Å². The average Bonchev–Trinajstić information content (AvgIpc) is 2.75. The molecule has 0 saturated carbocycles. The summed E-state index contributed by atoms with van der Waals surface area (Å²) in [4.78, 5) is 0. The van der Waals surface area contributed by atoms with E-state index in [0.717, 1.165) is 13.0 Å². The SMILES string of the molecule is CCCCCCC[O][Sn]([c]1ccccc1)([c]1ccccc1)[c]1ccccc1. The van der Waals surface area contributed by atoms with Crippen LogP contribution in [0.4, 0.5) is 0 Å². The summed E-state index contributed by atoms with van der Waals surface area (Å²) in [6, 6.07) is 32.8. The third kappa shape index (κ3) is 5.03. The second-order valence-electron chi connectivity index (χ2n) is 7.04. The zero-order chi connectivity index (χ0) is 18.8. The van der Waals surface area contributed by atoms with Crippen LogP contribution >= 0.6 is 0 Å². The molecular weight excluding hydrogens is 435 g/mol. The van der Waals surface area contributed by atoms with Crippen molar-refractivity contribution in [2.45, 2.75) is 39.0 Å². The van der Waals surface area contributed by atoms with Crippen LogP contribution in [0, 0.1) is 0 Å². The van der Waals surface area contributed by atoms with Gasteiger partial charge in [-0.05, 0) is 0 Å². The van der Waals surface area contributed by atoms with Gasteiger partial charge in [-0.25, -0.2) is 0 Å². The molecule has 27 heavy (non-hydrogen) atoms. The van der Waals surface area contributed by atoms with Gasteiger partial charge in [0.1, 0.15) is 0 Å². The molecule has 140 valence electrons. The first-order valence-corrected chi connectivity index (χ1v) is 15.6. The number of rotatable bonds is 10. The molecule has 0 aliphatic rings. The second-order valence-corrected chi connectivity index (χ2v) is 16.7. The number of hydrogen-bond acceptors (Lipinski definition) is 1. The summed E-state index contributed by atoms with van der Waals surface area (Å²) in [6.45, 7) is 3.11. The summed E-state index contributed by atoms with van der Waals surface area (Å²) in [7, 11) is 0. The molecule has 3 aromatic carbocycles. The maximum atomic E-state index is 6.98. The van der Waals surface area contributed by atoms with Gasteiger partial charge in [0.2, 0.25) is 0 Å². The fraction of sp³-hybridized carbons (Fsp3) is 0.280. The Balaban J connectivity index is 1.98. The molecule has 0 aromatic heterocycles. The van der Waals surface area contributed by atoms with Crippen LogP contribution in [0.15, 0.2) is 91.0 Å². The minimum absolute atomic E-state index is 0.846. The van der Waals surface area contributed by atoms with Gasteiger partial charge in [-0.2, -0.15) is 0 Å². The topological polar surface area (TPSA) is 9.23 Å². The third-order valence-corrected chi connectivity index (χ3v) is 16.7. The van der Waals surface area contributed by atoms with Crippen molar-refractivity contribution < 1.29 is 3.07 Å². The molecule has 0 atom stereocenters. The van der Waals surface area contributed by atoms with Crippen LogP contribution in [0.2, 0.25) is 0 Å². The zero-order valence-corrected chi connectivity index (χ0v) is 19.2. The fourth-order valence-electron chi connectivity index (χ4n) is 3.70.